The number of fused-ring (bicyclic) bond motifs is 15. The molecule has 1 aromatic heterocycles. The Labute approximate surface area is 253 Å². The van der Waals surface area contributed by atoms with E-state index in [4.69, 9.17) is 4.74 Å². The second-order valence-corrected chi connectivity index (χ2v) is 11.8. The van der Waals surface area contributed by atoms with Gasteiger partial charge in [-0.1, -0.05) is 109 Å². The third-order valence-electron chi connectivity index (χ3n) is 9.72. The van der Waals surface area contributed by atoms with Crippen molar-refractivity contribution in [3.63, 3.8) is 0 Å². The Hall–Kier alpha value is -5.67. The van der Waals surface area contributed by atoms with Crippen molar-refractivity contribution >= 4 is 32.6 Å². The first kappa shape index (κ1) is 23.8. The van der Waals surface area contributed by atoms with Crippen LogP contribution in [-0.4, -0.2) is 4.57 Å². The van der Waals surface area contributed by atoms with Gasteiger partial charge in [0.25, 0.3) is 0 Å². The number of hydrogen-bond donors (Lipinski definition) is 0. The molecule has 1 aliphatic heterocycles. The van der Waals surface area contributed by atoms with Crippen molar-refractivity contribution in [2.24, 2.45) is 0 Å². The molecule has 206 valence electrons. The van der Waals surface area contributed by atoms with Crippen LogP contribution in [0.1, 0.15) is 22.3 Å². The van der Waals surface area contributed by atoms with Crippen molar-refractivity contribution < 1.29 is 9.13 Å². The molecule has 0 amide bonds. The van der Waals surface area contributed by atoms with E-state index in [1.807, 2.05) is 18.2 Å². The van der Waals surface area contributed by atoms with E-state index in [0.29, 0.717) is 0 Å². The van der Waals surface area contributed by atoms with Gasteiger partial charge in [-0.2, -0.15) is 0 Å². The van der Waals surface area contributed by atoms with Gasteiger partial charge in [0.1, 0.15) is 11.6 Å². The van der Waals surface area contributed by atoms with Crippen molar-refractivity contribution in [1.29, 1.82) is 0 Å². The van der Waals surface area contributed by atoms with Crippen LogP contribution < -0.4 is 4.74 Å². The molecule has 0 unspecified atom stereocenters. The van der Waals surface area contributed by atoms with Crippen molar-refractivity contribution in [1.82, 2.24) is 4.57 Å². The van der Waals surface area contributed by atoms with Crippen LogP contribution in [0.15, 0.2) is 146 Å². The minimum atomic E-state index is -0.558. The lowest BCUT2D eigenvalue weighted by molar-refractivity contribution is 0.440. The van der Waals surface area contributed by atoms with Gasteiger partial charge in [0.05, 0.1) is 16.4 Å². The van der Waals surface area contributed by atoms with Gasteiger partial charge in [-0.15, -0.1) is 0 Å². The Balaban J connectivity index is 1.44. The molecule has 2 aliphatic rings. The largest absolute Gasteiger partial charge is 0.454 e. The third-order valence-corrected chi connectivity index (χ3v) is 9.72. The SMILES string of the molecule is Fc1ccc(-n2c3ccc4ccccc4c3c3ccc4c(c32)Oc2ccccc2C42c3ccccc3-c3ccccc32)cc1. The highest BCUT2D eigenvalue weighted by Gasteiger charge is 2.51. The smallest absolute Gasteiger partial charge is 0.156 e. The van der Waals surface area contributed by atoms with E-state index in [9.17, 15) is 4.39 Å². The number of hydrogen-bond acceptors (Lipinski definition) is 1. The highest BCUT2D eigenvalue weighted by Crippen LogP contribution is 2.63. The minimum Gasteiger partial charge on any atom is -0.454 e. The maximum absolute atomic E-state index is 14.3. The number of aromatic nitrogens is 1. The van der Waals surface area contributed by atoms with Crippen molar-refractivity contribution in [3.8, 4) is 28.3 Å². The van der Waals surface area contributed by atoms with E-state index in [2.05, 4.69) is 120 Å². The van der Waals surface area contributed by atoms with Gasteiger partial charge < -0.3 is 9.30 Å². The molecule has 1 aliphatic carbocycles. The molecule has 0 saturated heterocycles. The number of halogens is 1. The van der Waals surface area contributed by atoms with Gasteiger partial charge >= 0.3 is 0 Å². The molecule has 0 saturated carbocycles. The summed E-state index contributed by atoms with van der Waals surface area (Å²) < 4.78 is 23.5. The van der Waals surface area contributed by atoms with E-state index < -0.39 is 5.41 Å². The second-order valence-electron chi connectivity index (χ2n) is 11.8. The zero-order chi connectivity index (χ0) is 29.0. The molecule has 2 nitrogen and oxygen atoms in total. The maximum Gasteiger partial charge on any atom is 0.156 e. The second kappa shape index (κ2) is 8.46. The van der Waals surface area contributed by atoms with Crippen LogP contribution in [0.5, 0.6) is 11.5 Å². The van der Waals surface area contributed by atoms with Gasteiger partial charge in [0, 0.05) is 27.6 Å². The van der Waals surface area contributed by atoms with Crippen LogP contribution in [0.4, 0.5) is 4.39 Å². The van der Waals surface area contributed by atoms with Gasteiger partial charge in [-0.3, -0.25) is 0 Å². The molecule has 8 aromatic rings. The molecule has 3 heteroatoms. The lowest BCUT2D eigenvalue weighted by Crippen LogP contribution is -2.32. The van der Waals surface area contributed by atoms with Crippen LogP contribution in [0.25, 0.3) is 49.4 Å². The first-order chi connectivity index (χ1) is 21.7. The fraction of sp³-hybridized carbons (Fsp3) is 0.0244. The molecule has 44 heavy (non-hydrogen) atoms. The number of benzene rings is 7. The van der Waals surface area contributed by atoms with Crippen LogP contribution in [-0.2, 0) is 5.41 Å². The van der Waals surface area contributed by atoms with E-state index >= 15 is 0 Å². The summed E-state index contributed by atoms with van der Waals surface area (Å²) in [6, 6.07) is 50.2. The fourth-order valence-corrected chi connectivity index (χ4v) is 8.04. The van der Waals surface area contributed by atoms with Crippen molar-refractivity contribution in [2.45, 2.75) is 5.41 Å². The topological polar surface area (TPSA) is 14.2 Å². The Bertz CT molecular complexity index is 2440. The van der Waals surface area contributed by atoms with Crippen LogP contribution in [0, 0.1) is 5.82 Å². The lowest BCUT2D eigenvalue weighted by atomic mass is 9.66. The molecule has 0 fully saturated rings. The highest BCUT2D eigenvalue weighted by atomic mass is 19.1. The molecule has 1 spiro atoms. The predicted molar refractivity (Wildman–Crippen MR) is 176 cm³/mol. The van der Waals surface area contributed by atoms with Gasteiger partial charge in [0.15, 0.2) is 5.75 Å². The van der Waals surface area contributed by atoms with E-state index in [1.54, 1.807) is 0 Å². The Morgan fingerprint density at radius 1 is 0.523 bits per heavy atom. The van der Waals surface area contributed by atoms with E-state index in [-0.39, 0.29) is 5.82 Å². The fourth-order valence-electron chi connectivity index (χ4n) is 8.04. The van der Waals surface area contributed by atoms with Crippen LogP contribution in [0.3, 0.4) is 0 Å². The summed E-state index contributed by atoms with van der Waals surface area (Å²) >= 11 is 0. The van der Waals surface area contributed by atoms with E-state index in [0.717, 1.165) is 50.1 Å². The Kier molecular flexibility index (Phi) is 4.58. The molecule has 0 bridgehead atoms. The normalized spacial score (nSPS) is 13.9. The minimum absolute atomic E-state index is 0.259. The average Bonchev–Trinajstić information content (AvgIpc) is 3.57. The van der Waals surface area contributed by atoms with Crippen LogP contribution >= 0.6 is 0 Å². The average molecular weight is 566 g/mol. The van der Waals surface area contributed by atoms with Crippen molar-refractivity contribution in [3.05, 3.63) is 174 Å². The number of ether oxygens (including phenoxy) is 1. The summed E-state index contributed by atoms with van der Waals surface area (Å²) in [5, 5.41) is 4.62. The number of para-hydroxylation sites is 1. The van der Waals surface area contributed by atoms with E-state index in [1.165, 1.54) is 45.2 Å². The predicted octanol–water partition coefficient (Wildman–Crippen LogP) is 10.5. The summed E-state index contributed by atoms with van der Waals surface area (Å²) in [4.78, 5) is 0. The van der Waals surface area contributed by atoms with Crippen LogP contribution in [0.2, 0.25) is 0 Å². The summed E-state index contributed by atoms with van der Waals surface area (Å²) in [5.74, 6) is 1.42. The quantitative estimate of drug-likeness (QED) is 0.193. The monoisotopic (exact) mass is 565 g/mol. The molecule has 0 radical (unpaired) electrons. The molecule has 7 aromatic carbocycles. The molecule has 10 rings (SSSR count). The first-order valence-electron chi connectivity index (χ1n) is 15.0. The lowest BCUT2D eigenvalue weighted by Gasteiger charge is -2.39. The zero-order valence-corrected chi connectivity index (χ0v) is 23.6. The Morgan fingerprint density at radius 2 is 1.18 bits per heavy atom. The summed E-state index contributed by atoms with van der Waals surface area (Å²) in [6.45, 7) is 0. The highest BCUT2D eigenvalue weighted by molar-refractivity contribution is 6.22. The summed E-state index contributed by atoms with van der Waals surface area (Å²) in [7, 11) is 0. The van der Waals surface area contributed by atoms with Crippen molar-refractivity contribution in [2.75, 3.05) is 0 Å². The molecular formula is C41H24FNO. The van der Waals surface area contributed by atoms with Gasteiger partial charge in [-0.25, -0.2) is 4.39 Å². The Morgan fingerprint density at radius 3 is 1.95 bits per heavy atom. The summed E-state index contributed by atoms with van der Waals surface area (Å²) in [6.07, 6.45) is 0. The molecular weight excluding hydrogens is 541 g/mol. The zero-order valence-electron chi connectivity index (χ0n) is 23.6. The molecule has 0 atom stereocenters. The first-order valence-corrected chi connectivity index (χ1v) is 15.0. The standard InChI is InChI=1S/C41H24FNO/c42-26-18-20-27(21-19-26)43-36-24-17-25-9-1-2-10-28(25)38(36)31-22-23-35-40(39(31)43)44-37-16-8-7-15-34(37)41(35)32-13-5-3-11-29(32)30-12-4-6-14-33(30)41/h1-24H. The van der Waals surface area contributed by atoms with Gasteiger partial charge in [-0.05, 0) is 69.4 Å². The maximum atomic E-state index is 14.3. The summed E-state index contributed by atoms with van der Waals surface area (Å²) in [5.41, 5.74) is 9.62. The van der Waals surface area contributed by atoms with Gasteiger partial charge in [0.2, 0.25) is 0 Å². The molecule has 0 N–H and O–H groups in total. The third kappa shape index (κ3) is 2.84. The number of rotatable bonds is 1. The molecule has 2 heterocycles. The number of nitrogens with zero attached hydrogens (tertiary/aromatic N) is 1.